The summed E-state index contributed by atoms with van der Waals surface area (Å²) in [6.45, 7) is 4.05. The summed E-state index contributed by atoms with van der Waals surface area (Å²) < 4.78 is 0. The number of benzene rings is 1. The molecule has 0 aromatic heterocycles. The Balaban J connectivity index is 2.56. The molecule has 0 spiro atoms. The standard InChI is InChI=1S/C14H19NO3/c1-3-4-5-11(2)14(16)10-12-6-8-13(9-7-12)15(17)18/h6-9,11H,3-5,10H2,1-2H3. The van der Waals surface area contributed by atoms with Gasteiger partial charge in [-0.25, -0.2) is 0 Å². The summed E-state index contributed by atoms with van der Waals surface area (Å²) in [7, 11) is 0. The number of carbonyl (C=O) groups excluding carboxylic acids is 1. The topological polar surface area (TPSA) is 60.2 Å². The molecule has 18 heavy (non-hydrogen) atoms. The van der Waals surface area contributed by atoms with Crippen LogP contribution in [0.4, 0.5) is 5.69 Å². The number of nitrogens with zero attached hydrogens (tertiary/aromatic N) is 1. The van der Waals surface area contributed by atoms with Crippen molar-refractivity contribution in [1.82, 2.24) is 0 Å². The van der Waals surface area contributed by atoms with E-state index in [0.29, 0.717) is 6.42 Å². The van der Waals surface area contributed by atoms with Crippen LogP contribution in [0.3, 0.4) is 0 Å². The molecule has 0 aliphatic heterocycles. The third-order valence-electron chi connectivity index (χ3n) is 3.07. The van der Waals surface area contributed by atoms with E-state index >= 15 is 0 Å². The Morgan fingerprint density at radius 3 is 2.44 bits per heavy atom. The number of hydrogen-bond acceptors (Lipinski definition) is 3. The average molecular weight is 249 g/mol. The van der Waals surface area contributed by atoms with Crippen LogP contribution in [0, 0.1) is 16.0 Å². The summed E-state index contributed by atoms with van der Waals surface area (Å²) in [4.78, 5) is 22.0. The maximum absolute atomic E-state index is 11.9. The molecule has 0 fully saturated rings. The molecule has 0 bridgehead atoms. The molecule has 0 heterocycles. The van der Waals surface area contributed by atoms with E-state index in [1.165, 1.54) is 12.1 Å². The quantitative estimate of drug-likeness (QED) is 0.548. The molecule has 1 unspecified atom stereocenters. The Hall–Kier alpha value is -1.71. The number of rotatable bonds is 7. The van der Waals surface area contributed by atoms with Gasteiger partial charge in [0.2, 0.25) is 0 Å². The zero-order chi connectivity index (χ0) is 13.5. The Labute approximate surface area is 107 Å². The first kappa shape index (κ1) is 14.4. The van der Waals surface area contributed by atoms with E-state index in [-0.39, 0.29) is 17.4 Å². The van der Waals surface area contributed by atoms with E-state index in [4.69, 9.17) is 0 Å². The second-order valence-electron chi connectivity index (χ2n) is 4.61. The lowest BCUT2D eigenvalue weighted by Crippen LogP contribution is -2.13. The maximum Gasteiger partial charge on any atom is 0.269 e. The first-order valence-electron chi connectivity index (χ1n) is 6.30. The van der Waals surface area contributed by atoms with Crippen molar-refractivity contribution in [2.45, 2.75) is 39.5 Å². The summed E-state index contributed by atoms with van der Waals surface area (Å²) in [5.41, 5.74) is 0.902. The lowest BCUT2D eigenvalue weighted by molar-refractivity contribution is -0.384. The van der Waals surface area contributed by atoms with Crippen molar-refractivity contribution in [2.24, 2.45) is 5.92 Å². The van der Waals surface area contributed by atoms with Gasteiger partial charge in [0.15, 0.2) is 0 Å². The lowest BCUT2D eigenvalue weighted by atomic mass is 9.95. The number of Topliss-reactive ketones (excluding diaryl/α,β-unsaturated/α-hetero) is 1. The summed E-state index contributed by atoms with van der Waals surface area (Å²) in [5.74, 6) is 0.275. The molecule has 0 aliphatic carbocycles. The minimum absolute atomic E-state index is 0.0604. The number of hydrogen-bond donors (Lipinski definition) is 0. The van der Waals surface area contributed by atoms with Crippen LogP contribution in [0.15, 0.2) is 24.3 Å². The van der Waals surface area contributed by atoms with Crippen LogP contribution in [0.25, 0.3) is 0 Å². The Morgan fingerprint density at radius 1 is 1.33 bits per heavy atom. The van der Waals surface area contributed by atoms with Gasteiger partial charge in [0.25, 0.3) is 5.69 Å². The van der Waals surface area contributed by atoms with Gasteiger partial charge in [-0.3, -0.25) is 14.9 Å². The van der Waals surface area contributed by atoms with Gasteiger partial charge in [0, 0.05) is 24.5 Å². The molecule has 1 aromatic rings. The molecular weight excluding hydrogens is 230 g/mol. The summed E-state index contributed by atoms with van der Waals surface area (Å²) >= 11 is 0. The molecule has 98 valence electrons. The Morgan fingerprint density at radius 2 is 1.94 bits per heavy atom. The Bertz CT molecular complexity index is 412. The van der Waals surface area contributed by atoms with Gasteiger partial charge in [0.05, 0.1) is 4.92 Å². The third-order valence-corrected chi connectivity index (χ3v) is 3.07. The van der Waals surface area contributed by atoms with Crippen molar-refractivity contribution >= 4 is 11.5 Å². The zero-order valence-electron chi connectivity index (χ0n) is 10.9. The number of nitro benzene ring substituents is 1. The fraction of sp³-hybridized carbons (Fsp3) is 0.500. The summed E-state index contributed by atoms with van der Waals surface area (Å²) in [6, 6.07) is 6.20. The van der Waals surface area contributed by atoms with Crippen molar-refractivity contribution in [3.63, 3.8) is 0 Å². The largest absolute Gasteiger partial charge is 0.299 e. The van der Waals surface area contributed by atoms with Crippen LogP contribution in [0.5, 0.6) is 0 Å². The fourth-order valence-electron chi connectivity index (χ4n) is 1.78. The van der Waals surface area contributed by atoms with E-state index < -0.39 is 4.92 Å². The van der Waals surface area contributed by atoms with E-state index in [2.05, 4.69) is 6.92 Å². The molecule has 1 aromatic carbocycles. The molecule has 0 radical (unpaired) electrons. The second kappa shape index (κ2) is 6.89. The molecule has 1 rings (SSSR count). The van der Waals surface area contributed by atoms with Crippen LogP contribution < -0.4 is 0 Å². The van der Waals surface area contributed by atoms with Crippen LogP contribution in [0.1, 0.15) is 38.7 Å². The predicted octanol–water partition coefficient (Wildman–Crippen LogP) is 3.53. The van der Waals surface area contributed by atoms with Crippen molar-refractivity contribution in [3.8, 4) is 0 Å². The molecule has 0 amide bonds. The highest BCUT2D eigenvalue weighted by Crippen LogP contribution is 2.15. The van der Waals surface area contributed by atoms with Gasteiger partial charge < -0.3 is 0 Å². The SMILES string of the molecule is CCCCC(C)C(=O)Cc1ccc([N+](=O)[O-])cc1. The highest BCUT2D eigenvalue weighted by Gasteiger charge is 2.13. The van der Waals surface area contributed by atoms with Crippen molar-refractivity contribution < 1.29 is 9.72 Å². The highest BCUT2D eigenvalue weighted by molar-refractivity contribution is 5.82. The van der Waals surface area contributed by atoms with Crippen LogP contribution in [-0.2, 0) is 11.2 Å². The molecule has 1 atom stereocenters. The number of ketones is 1. The minimum Gasteiger partial charge on any atom is -0.299 e. The first-order chi connectivity index (χ1) is 8.54. The molecular formula is C14H19NO3. The minimum atomic E-state index is -0.435. The molecule has 0 saturated heterocycles. The van der Waals surface area contributed by atoms with Crippen molar-refractivity contribution in [3.05, 3.63) is 39.9 Å². The molecule has 4 heteroatoms. The molecule has 4 nitrogen and oxygen atoms in total. The number of carbonyl (C=O) groups is 1. The Kier molecular flexibility index (Phi) is 5.49. The monoisotopic (exact) mass is 249 g/mol. The van der Waals surface area contributed by atoms with Crippen molar-refractivity contribution in [1.29, 1.82) is 0 Å². The van der Waals surface area contributed by atoms with Crippen LogP contribution >= 0.6 is 0 Å². The van der Waals surface area contributed by atoms with Gasteiger partial charge in [-0.05, 0) is 12.0 Å². The normalized spacial score (nSPS) is 12.1. The van der Waals surface area contributed by atoms with Crippen LogP contribution in [-0.4, -0.2) is 10.7 Å². The van der Waals surface area contributed by atoms with E-state index in [9.17, 15) is 14.9 Å². The van der Waals surface area contributed by atoms with Gasteiger partial charge >= 0.3 is 0 Å². The van der Waals surface area contributed by atoms with E-state index in [0.717, 1.165) is 24.8 Å². The zero-order valence-corrected chi connectivity index (χ0v) is 10.9. The summed E-state index contributed by atoms with van der Waals surface area (Å²) in [6.07, 6.45) is 3.44. The fourth-order valence-corrected chi connectivity index (χ4v) is 1.78. The third kappa shape index (κ3) is 4.28. The van der Waals surface area contributed by atoms with E-state index in [1.54, 1.807) is 12.1 Å². The van der Waals surface area contributed by atoms with Crippen LogP contribution in [0.2, 0.25) is 0 Å². The van der Waals surface area contributed by atoms with Gasteiger partial charge in [-0.15, -0.1) is 0 Å². The lowest BCUT2D eigenvalue weighted by Gasteiger charge is -2.09. The number of nitro groups is 1. The molecule has 0 N–H and O–H groups in total. The molecule has 0 aliphatic rings. The molecule has 0 saturated carbocycles. The maximum atomic E-state index is 11.9. The predicted molar refractivity (Wildman–Crippen MR) is 70.5 cm³/mol. The summed E-state index contributed by atoms with van der Waals surface area (Å²) in [5, 5.41) is 10.5. The second-order valence-corrected chi connectivity index (χ2v) is 4.61. The number of non-ortho nitro benzene ring substituents is 1. The van der Waals surface area contributed by atoms with Gasteiger partial charge in [-0.1, -0.05) is 38.8 Å². The van der Waals surface area contributed by atoms with E-state index in [1.807, 2.05) is 6.92 Å². The highest BCUT2D eigenvalue weighted by atomic mass is 16.6. The number of unbranched alkanes of at least 4 members (excludes halogenated alkanes) is 1. The smallest absolute Gasteiger partial charge is 0.269 e. The van der Waals surface area contributed by atoms with Crippen molar-refractivity contribution in [2.75, 3.05) is 0 Å². The van der Waals surface area contributed by atoms with Gasteiger partial charge in [0.1, 0.15) is 5.78 Å². The average Bonchev–Trinajstić information content (AvgIpc) is 2.36. The van der Waals surface area contributed by atoms with Gasteiger partial charge in [-0.2, -0.15) is 0 Å². The first-order valence-corrected chi connectivity index (χ1v) is 6.30.